The average molecular weight is 447 g/mol. The Morgan fingerprint density at radius 2 is 1.79 bits per heavy atom. The predicted molar refractivity (Wildman–Crippen MR) is 124 cm³/mol. The van der Waals surface area contributed by atoms with Crippen LogP contribution < -0.4 is 20.2 Å². The van der Waals surface area contributed by atoms with Gasteiger partial charge in [-0.3, -0.25) is 9.59 Å². The second-order valence-electron chi connectivity index (χ2n) is 7.59. The van der Waals surface area contributed by atoms with Crippen LogP contribution >= 0.6 is 0 Å². The SMILES string of the molecule is COc1ccc(NC(=O)c2oc3c(c2C)/C(=N/NC(=O)COc2ccccc2)CCC3)cc1. The largest absolute Gasteiger partial charge is 0.497 e. The molecule has 0 spiro atoms. The van der Waals surface area contributed by atoms with E-state index in [0.29, 0.717) is 47.1 Å². The highest BCUT2D eigenvalue weighted by Crippen LogP contribution is 2.30. The van der Waals surface area contributed by atoms with E-state index in [1.54, 1.807) is 43.5 Å². The fourth-order valence-electron chi connectivity index (χ4n) is 3.69. The summed E-state index contributed by atoms with van der Waals surface area (Å²) in [6.45, 7) is 1.68. The van der Waals surface area contributed by atoms with Crippen LogP contribution in [0.2, 0.25) is 0 Å². The number of nitrogens with one attached hydrogen (secondary N) is 2. The third-order valence-corrected chi connectivity index (χ3v) is 5.31. The molecule has 0 bridgehead atoms. The first-order valence-corrected chi connectivity index (χ1v) is 10.7. The molecule has 0 saturated heterocycles. The van der Waals surface area contributed by atoms with Crippen LogP contribution in [-0.4, -0.2) is 31.2 Å². The molecule has 1 aromatic heterocycles. The van der Waals surface area contributed by atoms with E-state index in [1.165, 1.54) is 0 Å². The van der Waals surface area contributed by atoms with Crippen molar-refractivity contribution in [2.75, 3.05) is 19.0 Å². The van der Waals surface area contributed by atoms with E-state index in [9.17, 15) is 9.59 Å². The smallest absolute Gasteiger partial charge is 0.291 e. The number of benzene rings is 2. The van der Waals surface area contributed by atoms with E-state index in [1.807, 2.05) is 25.1 Å². The van der Waals surface area contributed by atoms with Gasteiger partial charge in [-0.25, -0.2) is 5.43 Å². The van der Waals surface area contributed by atoms with Gasteiger partial charge in [0, 0.05) is 23.2 Å². The first-order valence-electron chi connectivity index (χ1n) is 10.7. The summed E-state index contributed by atoms with van der Waals surface area (Å²) in [6.07, 6.45) is 2.19. The highest BCUT2D eigenvalue weighted by atomic mass is 16.5. The third-order valence-electron chi connectivity index (χ3n) is 5.31. The molecule has 3 aromatic rings. The van der Waals surface area contributed by atoms with Crippen molar-refractivity contribution in [1.82, 2.24) is 5.43 Å². The number of hydrogen-bond acceptors (Lipinski definition) is 6. The van der Waals surface area contributed by atoms with Gasteiger partial charge in [0.15, 0.2) is 12.4 Å². The lowest BCUT2D eigenvalue weighted by Gasteiger charge is -2.13. The fourth-order valence-corrected chi connectivity index (χ4v) is 3.69. The molecule has 0 fully saturated rings. The van der Waals surface area contributed by atoms with Crippen LogP contribution in [0.15, 0.2) is 64.1 Å². The van der Waals surface area contributed by atoms with Crippen molar-refractivity contribution in [2.45, 2.75) is 26.2 Å². The van der Waals surface area contributed by atoms with Crippen LogP contribution in [0.5, 0.6) is 11.5 Å². The van der Waals surface area contributed by atoms with Gasteiger partial charge in [0.2, 0.25) is 0 Å². The van der Waals surface area contributed by atoms with Crippen molar-refractivity contribution in [3.63, 3.8) is 0 Å². The van der Waals surface area contributed by atoms with E-state index in [-0.39, 0.29) is 24.2 Å². The van der Waals surface area contributed by atoms with E-state index < -0.39 is 0 Å². The molecule has 1 aliphatic rings. The predicted octanol–water partition coefficient (Wildman–Crippen LogP) is 4.08. The summed E-state index contributed by atoms with van der Waals surface area (Å²) in [4.78, 5) is 25.0. The maximum Gasteiger partial charge on any atom is 0.291 e. The normalized spacial score (nSPS) is 13.8. The average Bonchev–Trinajstić information content (AvgIpc) is 3.19. The molecule has 8 heteroatoms. The molecular formula is C25H25N3O5. The summed E-state index contributed by atoms with van der Waals surface area (Å²) in [5.74, 6) is 1.55. The van der Waals surface area contributed by atoms with Crippen molar-refractivity contribution in [1.29, 1.82) is 0 Å². The molecule has 0 unspecified atom stereocenters. The lowest BCUT2D eigenvalue weighted by molar-refractivity contribution is -0.123. The minimum Gasteiger partial charge on any atom is -0.497 e. The second kappa shape index (κ2) is 10.0. The summed E-state index contributed by atoms with van der Waals surface area (Å²) < 4.78 is 16.5. The maximum atomic E-state index is 12.8. The number of ether oxygens (including phenoxy) is 2. The van der Waals surface area contributed by atoms with Crippen molar-refractivity contribution >= 4 is 23.2 Å². The van der Waals surface area contributed by atoms with Crippen LogP contribution in [0.3, 0.4) is 0 Å². The number of nitrogens with zero attached hydrogens (tertiary/aromatic N) is 1. The zero-order chi connectivity index (χ0) is 23.2. The monoisotopic (exact) mass is 447 g/mol. The van der Waals surface area contributed by atoms with Crippen LogP contribution in [-0.2, 0) is 11.2 Å². The van der Waals surface area contributed by atoms with E-state index in [2.05, 4.69) is 15.8 Å². The number of para-hydroxylation sites is 1. The zero-order valence-corrected chi connectivity index (χ0v) is 18.5. The molecule has 33 heavy (non-hydrogen) atoms. The summed E-state index contributed by atoms with van der Waals surface area (Å²) in [5, 5.41) is 7.15. The Labute approximate surface area is 191 Å². The lowest BCUT2D eigenvalue weighted by Crippen LogP contribution is -2.27. The van der Waals surface area contributed by atoms with Crippen molar-refractivity contribution in [2.24, 2.45) is 5.10 Å². The number of anilines is 1. The molecule has 1 aliphatic carbocycles. The number of aryl methyl sites for hydroxylation is 1. The van der Waals surface area contributed by atoms with Gasteiger partial charge < -0.3 is 19.2 Å². The Kier molecular flexibility index (Phi) is 6.73. The van der Waals surface area contributed by atoms with Gasteiger partial charge in [-0.2, -0.15) is 5.10 Å². The van der Waals surface area contributed by atoms with Gasteiger partial charge in [0.1, 0.15) is 17.3 Å². The minimum atomic E-state index is -0.364. The number of carbonyl (C=O) groups excluding carboxylic acids is 2. The standard InChI is InChI=1S/C25H25N3O5/c1-16-23-20(27-28-22(29)15-32-19-7-4-3-5-8-19)9-6-10-21(23)33-24(16)25(30)26-17-11-13-18(31-2)14-12-17/h3-5,7-8,11-14H,6,9-10,15H2,1-2H3,(H,26,30)(H,28,29)/b27-20+. The first kappa shape index (κ1) is 22.1. The molecule has 2 aromatic carbocycles. The molecule has 170 valence electrons. The van der Waals surface area contributed by atoms with Crippen LogP contribution in [0.25, 0.3) is 0 Å². The number of carbonyl (C=O) groups is 2. The van der Waals surface area contributed by atoms with Crippen molar-refractivity contribution < 1.29 is 23.5 Å². The summed E-state index contributed by atoms with van der Waals surface area (Å²) in [7, 11) is 1.59. The molecule has 4 rings (SSSR count). The van der Waals surface area contributed by atoms with Gasteiger partial charge in [0.05, 0.1) is 12.8 Å². The second-order valence-corrected chi connectivity index (χ2v) is 7.59. The summed E-state index contributed by atoms with van der Waals surface area (Å²) in [5.41, 5.74) is 5.35. The Balaban J connectivity index is 1.45. The number of hydrazone groups is 1. The lowest BCUT2D eigenvalue weighted by atomic mass is 9.93. The number of furan rings is 1. The molecule has 2 N–H and O–H groups in total. The Hall–Kier alpha value is -4.07. The topological polar surface area (TPSA) is 102 Å². The van der Waals surface area contributed by atoms with Crippen LogP contribution in [0.4, 0.5) is 5.69 Å². The Morgan fingerprint density at radius 3 is 2.52 bits per heavy atom. The van der Waals surface area contributed by atoms with E-state index in [4.69, 9.17) is 13.9 Å². The molecule has 2 amide bonds. The quantitative estimate of drug-likeness (QED) is 0.531. The summed E-state index contributed by atoms with van der Waals surface area (Å²) in [6, 6.07) is 16.2. The maximum absolute atomic E-state index is 12.8. The highest BCUT2D eigenvalue weighted by molar-refractivity contribution is 6.09. The third kappa shape index (κ3) is 5.23. The number of methoxy groups -OCH3 is 1. The highest BCUT2D eigenvalue weighted by Gasteiger charge is 2.28. The van der Waals surface area contributed by atoms with Crippen molar-refractivity contribution in [3.8, 4) is 11.5 Å². The molecule has 0 aliphatic heterocycles. The molecule has 0 saturated carbocycles. The van der Waals surface area contributed by atoms with E-state index in [0.717, 1.165) is 12.0 Å². The number of amides is 2. The van der Waals surface area contributed by atoms with Gasteiger partial charge in [-0.05, 0) is 56.2 Å². The van der Waals surface area contributed by atoms with Gasteiger partial charge in [-0.15, -0.1) is 0 Å². The fraction of sp³-hybridized carbons (Fsp3) is 0.240. The minimum absolute atomic E-state index is 0.145. The zero-order valence-electron chi connectivity index (χ0n) is 18.5. The molecule has 8 nitrogen and oxygen atoms in total. The molecular weight excluding hydrogens is 422 g/mol. The molecule has 0 atom stereocenters. The number of hydrogen-bond donors (Lipinski definition) is 2. The number of rotatable bonds is 7. The summed E-state index contributed by atoms with van der Waals surface area (Å²) >= 11 is 0. The van der Waals surface area contributed by atoms with Gasteiger partial charge >= 0.3 is 0 Å². The Morgan fingerprint density at radius 1 is 1.03 bits per heavy atom. The van der Waals surface area contributed by atoms with E-state index >= 15 is 0 Å². The van der Waals surface area contributed by atoms with Gasteiger partial charge in [0.25, 0.3) is 11.8 Å². The van der Waals surface area contributed by atoms with Crippen molar-refractivity contribution in [3.05, 3.63) is 77.2 Å². The number of fused-ring (bicyclic) bond motifs is 1. The van der Waals surface area contributed by atoms with Gasteiger partial charge in [-0.1, -0.05) is 18.2 Å². The molecule has 0 radical (unpaired) electrons. The first-order chi connectivity index (χ1) is 16.0. The Bertz CT molecular complexity index is 1170. The van der Waals surface area contributed by atoms with Crippen LogP contribution in [0, 0.1) is 6.92 Å². The molecule has 1 heterocycles. The van der Waals surface area contributed by atoms with Crippen LogP contribution in [0.1, 0.15) is 40.3 Å².